The van der Waals surface area contributed by atoms with Gasteiger partial charge in [0, 0.05) is 35.2 Å². The standard InChI is InChI=1S/C19H19Cl2N5O/c1-19(2,3)26-18-24-15(11-5-4-6-22-10-11)9-16(25-18)23-12-7-13(20)17(27)14(21)8-12/h4-10,27H,1-3H3,(H2,23,24,25,26). The summed E-state index contributed by atoms with van der Waals surface area (Å²) < 4.78 is 0. The van der Waals surface area contributed by atoms with Crippen LogP contribution in [0.2, 0.25) is 10.0 Å². The van der Waals surface area contributed by atoms with Gasteiger partial charge in [0.1, 0.15) is 5.82 Å². The molecule has 3 N–H and O–H groups in total. The van der Waals surface area contributed by atoms with E-state index in [1.54, 1.807) is 30.6 Å². The molecule has 0 aliphatic heterocycles. The van der Waals surface area contributed by atoms with Crippen molar-refractivity contribution in [1.29, 1.82) is 0 Å². The average molecular weight is 404 g/mol. The Morgan fingerprint density at radius 1 is 1.04 bits per heavy atom. The van der Waals surface area contributed by atoms with E-state index in [1.165, 1.54) is 0 Å². The Balaban J connectivity index is 2.02. The second-order valence-electron chi connectivity index (χ2n) is 6.99. The van der Waals surface area contributed by atoms with Gasteiger partial charge in [-0.1, -0.05) is 23.2 Å². The first kappa shape index (κ1) is 19.2. The average Bonchev–Trinajstić information content (AvgIpc) is 2.58. The highest BCUT2D eigenvalue weighted by Crippen LogP contribution is 2.35. The number of phenolic OH excluding ortho intramolecular Hbond substituents is 1. The molecule has 0 radical (unpaired) electrons. The minimum atomic E-state index is -0.212. The van der Waals surface area contributed by atoms with Crippen LogP contribution in [0.25, 0.3) is 11.3 Å². The third kappa shape index (κ3) is 4.99. The van der Waals surface area contributed by atoms with Crippen LogP contribution in [0, 0.1) is 0 Å². The van der Waals surface area contributed by atoms with E-state index in [4.69, 9.17) is 23.2 Å². The number of aromatic hydroxyl groups is 1. The molecule has 0 saturated carbocycles. The lowest BCUT2D eigenvalue weighted by Crippen LogP contribution is -2.27. The first-order valence-corrected chi connectivity index (χ1v) is 8.99. The van der Waals surface area contributed by atoms with Crippen LogP contribution in [0.15, 0.2) is 42.7 Å². The molecule has 0 amide bonds. The lowest BCUT2D eigenvalue weighted by Gasteiger charge is -2.21. The van der Waals surface area contributed by atoms with Crippen LogP contribution >= 0.6 is 23.2 Å². The van der Waals surface area contributed by atoms with Gasteiger partial charge in [0.2, 0.25) is 5.95 Å². The number of halogens is 2. The number of phenols is 1. The molecule has 0 bridgehead atoms. The maximum absolute atomic E-state index is 9.73. The summed E-state index contributed by atoms with van der Waals surface area (Å²) in [7, 11) is 0. The monoisotopic (exact) mass is 403 g/mol. The van der Waals surface area contributed by atoms with Crippen molar-refractivity contribution >= 4 is 40.7 Å². The fraction of sp³-hybridized carbons (Fsp3) is 0.211. The fourth-order valence-corrected chi connectivity index (χ4v) is 2.84. The topological polar surface area (TPSA) is 83.0 Å². The van der Waals surface area contributed by atoms with Crippen molar-refractivity contribution in [2.75, 3.05) is 10.6 Å². The Morgan fingerprint density at radius 3 is 2.33 bits per heavy atom. The summed E-state index contributed by atoms with van der Waals surface area (Å²) in [6.45, 7) is 6.08. The predicted octanol–water partition coefficient (Wildman–Crippen LogP) is 5.51. The van der Waals surface area contributed by atoms with Gasteiger partial charge in [-0.3, -0.25) is 4.98 Å². The summed E-state index contributed by atoms with van der Waals surface area (Å²) in [6.07, 6.45) is 3.44. The van der Waals surface area contributed by atoms with Gasteiger partial charge in [-0.05, 0) is 45.0 Å². The Kier molecular flexibility index (Phi) is 5.39. The third-order valence-corrected chi connectivity index (χ3v) is 4.04. The lowest BCUT2D eigenvalue weighted by molar-refractivity contribution is 0.476. The number of hydrogen-bond acceptors (Lipinski definition) is 6. The summed E-state index contributed by atoms with van der Waals surface area (Å²) in [5.41, 5.74) is 1.96. The minimum absolute atomic E-state index is 0.152. The highest BCUT2D eigenvalue weighted by Gasteiger charge is 2.15. The molecule has 0 fully saturated rings. The van der Waals surface area contributed by atoms with Crippen LogP contribution in [-0.2, 0) is 0 Å². The SMILES string of the molecule is CC(C)(C)Nc1nc(Nc2cc(Cl)c(O)c(Cl)c2)cc(-c2cccnc2)n1. The molecule has 0 aliphatic carbocycles. The minimum Gasteiger partial charge on any atom is -0.505 e. The number of benzene rings is 1. The first-order chi connectivity index (χ1) is 12.7. The maximum Gasteiger partial charge on any atom is 0.225 e. The van der Waals surface area contributed by atoms with Crippen LogP contribution in [0.4, 0.5) is 17.5 Å². The molecule has 6 nitrogen and oxygen atoms in total. The summed E-state index contributed by atoms with van der Waals surface area (Å²) in [5, 5.41) is 16.5. The lowest BCUT2D eigenvalue weighted by atomic mass is 10.1. The van der Waals surface area contributed by atoms with E-state index in [-0.39, 0.29) is 21.3 Å². The number of aromatic nitrogens is 3. The van der Waals surface area contributed by atoms with Crippen molar-refractivity contribution in [3.8, 4) is 17.0 Å². The molecule has 3 rings (SSSR count). The van der Waals surface area contributed by atoms with E-state index < -0.39 is 0 Å². The van der Waals surface area contributed by atoms with Crippen molar-refractivity contribution in [2.45, 2.75) is 26.3 Å². The molecule has 3 aromatic rings. The normalized spacial score (nSPS) is 11.3. The van der Waals surface area contributed by atoms with E-state index in [2.05, 4.69) is 25.6 Å². The zero-order valence-corrected chi connectivity index (χ0v) is 16.6. The number of nitrogens with one attached hydrogen (secondary N) is 2. The van der Waals surface area contributed by atoms with Gasteiger partial charge < -0.3 is 15.7 Å². The molecule has 0 aliphatic rings. The molecule has 0 saturated heterocycles. The largest absolute Gasteiger partial charge is 0.505 e. The molecule has 0 atom stereocenters. The quantitative estimate of drug-likeness (QED) is 0.498. The van der Waals surface area contributed by atoms with Crippen LogP contribution in [0.5, 0.6) is 5.75 Å². The number of nitrogens with zero attached hydrogens (tertiary/aromatic N) is 3. The van der Waals surface area contributed by atoms with Gasteiger partial charge in [0.05, 0.1) is 15.7 Å². The number of pyridine rings is 1. The van der Waals surface area contributed by atoms with Crippen LogP contribution in [-0.4, -0.2) is 25.6 Å². The van der Waals surface area contributed by atoms with E-state index in [0.717, 1.165) is 5.56 Å². The molecule has 2 heterocycles. The Hall–Kier alpha value is -2.57. The van der Waals surface area contributed by atoms with Gasteiger partial charge in [0.25, 0.3) is 0 Å². The van der Waals surface area contributed by atoms with E-state index >= 15 is 0 Å². The van der Waals surface area contributed by atoms with Crippen molar-refractivity contribution < 1.29 is 5.11 Å². The predicted molar refractivity (Wildman–Crippen MR) is 110 cm³/mol. The van der Waals surface area contributed by atoms with Crippen LogP contribution in [0.3, 0.4) is 0 Å². The number of hydrogen-bond donors (Lipinski definition) is 3. The summed E-state index contributed by atoms with van der Waals surface area (Å²) in [6, 6.07) is 8.73. The van der Waals surface area contributed by atoms with E-state index in [1.807, 2.05) is 32.9 Å². The summed E-state index contributed by atoms with van der Waals surface area (Å²) in [5.74, 6) is 0.869. The summed E-state index contributed by atoms with van der Waals surface area (Å²) >= 11 is 12.0. The smallest absolute Gasteiger partial charge is 0.225 e. The second-order valence-corrected chi connectivity index (χ2v) is 7.81. The van der Waals surface area contributed by atoms with Crippen molar-refractivity contribution in [1.82, 2.24) is 15.0 Å². The van der Waals surface area contributed by atoms with Gasteiger partial charge in [-0.25, -0.2) is 4.98 Å². The molecular weight excluding hydrogens is 385 g/mol. The molecule has 27 heavy (non-hydrogen) atoms. The summed E-state index contributed by atoms with van der Waals surface area (Å²) in [4.78, 5) is 13.3. The molecule has 2 aromatic heterocycles. The fourth-order valence-electron chi connectivity index (χ4n) is 2.35. The molecule has 8 heteroatoms. The first-order valence-electron chi connectivity index (χ1n) is 8.24. The van der Waals surface area contributed by atoms with Gasteiger partial charge >= 0.3 is 0 Å². The van der Waals surface area contributed by atoms with E-state index in [9.17, 15) is 5.11 Å². The van der Waals surface area contributed by atoms with Crippen LogP contribution in [0.1, 0.15) is 20.8 Å². The maximum atomic E-state index is 9.73. The molecule has 0 unspecified atom stereocenters. The van der Waals surface area contributed by atoms with Crippen molar-refractivity contribution in [3.63, 3.8) is 0 Å². The number of rotatable bonds is 4. The van der Waals surface area contributed by atoms with E-state index in [0.29, 0.717) is 23.1 Å². The van der Waals surface area contributed by atoms with Crippen LogP contribution < -0.4 is 10.6 Å². The zero-order chi connectivity index (χ0) is 19.6. The highest BCUT2D eigenvalue weighted by atomic mass is 35.5. The molecule has 140 valence electrons. The second kappa shape index (κ2) is 7.58. The van der Waals surface area contributed by atoms with Crippen molar-refractivity contribution in [3.05, 3.63) is 52.8 Å². The number of anilines is 3. The van der Waals surface area contributed by atoms with Crippen molar-refractivity contribution in [2.24, 2.45) is 0 Å². The molecular formula is C19H19Cl2N5O. The Labute approximate surface area is 167 Å². The molecule has 1 aromatic carbocycles. The highest BCUT2D eigenvalue weighted by molar-refractivity contribution is 6.37. The third-order valence-electron chi connectivity index (χ3n) is 3.46. The Bertz CT molecular complexity index is 935. The van der Waals surface area contributed by atoms with Gasteiger partial charge in [0.15, 0.2) is 5.75 Å². The Morgan fingerprint density at radius 2 is 1.74 bits per heavy atom. The van der Waals surface area contributed by atoms with Gasteiger partial charge in [-0.15, -0.1) is 0 Å². The van der Waals surface area contributed by atoms with Gasteiger partial charge in [-0.2, -0.15) is 4.98 Å². The molecule has 0 spiro atoms. The zero-order valence-electron chi connectivity index (χ0n) is 15.1.